The molecule has 0 heterocycles. The summed E-state index contributed by atoms with van der Waals surface area (Å²) in [5, 5.41) is 11.8. The van der Waals surface area contributed by atoms with Crippen molar-refractivity contribution < 1.29 is 4.79 Å². The minimum Gasteiger partial charge on any atom is -0.362 e. The summed E-state index contributed by atoms with van der Waals surface area (Å²) in [6.45, 7) is 6.83. The van der Waals surface area contributed by atoms with Crippen molar-refractivity contribution in [1.82, 2.24) is 5.32 Å². The van der Waals surface area contributed by atoms with Gasteiger partial charge in [-0.15, -0.1) is 0 Å². The van der Waals surface area contributed by atoms with Crippen LogP contribution < -0.4 is 10.2 Å². The van der Waals surface area contributed by atoms with Gasteiger partial charge < -0.3 is 10.2 Å². The Morgan fingerprint density at radius 3 is 2.68 bits per heavy atom. The first-order chi connectivity index (χ1) is 8.96. The average molecular weight is 324 g/mol. The number of carbonyl (C=O) groups excluding carboxylic acids is 1. The molecule has 0 bridgehead atoms. The molecule has 0 aliphatic heterocycles. The van der Waals surface area contributed by atoms with Gasteiger partial charge in [0.1, 0.15) is 0 Å². The number of carbonyl (C=O) groups is 1. The molecule has 102 valence electrons. The summed E-state index contributed by atoms with van der Waals surface area (Å²) in [4.78, 5) is 13.7. The molecular formula is C14H18BrN3O. The molecule has 19 heavy (non-hydrogen) atoms. The van der Waals surface area contributed by atoms with Gasteiger partial charge in [-0.1, -0.05) is 15.9 Å². The zero-order valence-corrected chi connectivity index (χ0v) is 13.0. The van der Waals surface area contributed by atoms with Crippen LogP contribution in [0.15, 0.2) is 22.7 Å². The fraction of sp³-hybridized carbons (Fsp3) is 0.429. The Morgan fingerprint density at radius 2 is 2.16 bits per heavy atom. The zero-order chi connectivity index (χ0) is 14.4. The van der Waals surface area contributed by atoms with Gasteiger partial charge >= 0.3 is 0 Å². The molecule has 1 rings (SSSR count). The largest absolute Gasteiger partial charge is 0.362 e. The first kappa shape index (κ1) is 15.5. The molecule has 0 aliphatic rings. The van der Waals surface area contributed by atoms with Gasteiger partial charge in [0.05, 0.1) is 18.2 Å². The van der Waals surface area contributed by atoms with Crippen molar-refractivity contribution in [3.8, 4) is 6.07 Å². The number of anilines is 1. The molecule has 5 heteroatoms. The van der Waals surface area contributed by atoms with Crippen molar-refractivity contribution in [2.24, 2.45) is 0 Å². The van der Waals surface area contributed by atoms with Gasteiger partial charge in [0.15, 0.2) is 0 Å². The second-order valence-corrected chi connectivity index (χ2v) is 5.46. The normalized spacial score (nSPS) is 10.1. The SMILES string of the molecule is CCN(CC(=O)NC(C)C)c1cc(Br)cc(C#N)c1. The van der Waals surface area contributed by atoms with Gasteiger partial charge in [-0.2, -0.15) is 5.26 Å². The van der Waals surface area contributed by atoms with E-state index in [0.29, 0.717) is 12.1 Å². The molecule has 0 spiro atoms. The molecule has 0 radical (unpaired) electrons. The monoisotopic (exact) mass is 323 g/mol. The maximum atomic E-state index is 11.8. The Balaban J connectivity index is 2.88. The molecule has 1 amide bonds. The summed E-state index contributed by atoms with van der Waals surface area (Å²) < 4.78 is 0.837. The summed E-state index contributed by atoms with van der Waals surface area (Å²) >= 11 is 3.38. The standard InChI is InChI=1S/C14H18BrN3O/c1-4-18(9-14(19)17-10(2)3)13-6-11(8-16)5-12(15)7-13/h5-7,10H,4,9H2,1-3H3,(H,17,19). The van der Waals surface area contributed by atoms with Crippen LogP contribution in [0.2, 0.25) is 0 Å². The van der Waals surface area contributed by atoms with E-state index in [0.717, 1.165) is 10.2 Å². The van der Waals surface area contributed by atoms with Crippen molar-refractivity contribution in [3.05, 3.63) is 28.2 Å². The first-order valence-electron chi connectivity index (χ1n) is 6.21. The van der Waals surface area contributed by atoms with E-state index in [2.05, 4.69) is 27.3 Å². The van der Waals surface area contributed by atoms with E-state index in [4.69, 9.17) is 5.26 Å². The number of hydrogen-bond donors (Lipinski definition) is 1. The lowest BCUT2D eigenvalue weighted by Gasteiger charge is -2.23. The predicted molar refractivity (Wildman–Crippen MR) is 80.0 cm³/mol. The molecule has 1 N–H and O–H groups in total. The predicted octanol–water partition coefficient (Wildman–Crippen LogP) is 2.67. The van der Waals surface area contributed by atoms with Crippen LogP contribution in [0.25, 0.3) is 0 Å². The maximum Gasteiger partial charge on any atom is 0.239 e. The number of hydrogen-bond acceptors (Lipinski definition) is 3. The molecule has 0 unspecified atom stereocenters. The highest BCUT2D eigenvalue weighted by Gasteiger charge is 2.12. The average Bonchev–Trinajstić information content (AvgIpc) is 2.34. The summed E-state index contributed by atoms with van der Waals surface area (Å²) in [6, 6.07) is 7.70. The Labute approximate surface area is 122 Å². The summed E-state index contributed by atoms with van der Waals surface area (Å²) in [5.41, 5.74) is 1.44. The van der Waals surface area contributed by atoms with E-state index in [-0.39, 0.29) is 18.5 Å². The van der Waals surface area contributed by atoms with Gasteiger partial charge in [-0.25, -0.2) is 0 Å². The fourth-order valence-corrected chi connectivity index (χ4v) is 2.23. The maximum absolute atomic E-state index is 11.8. The van der Waals surface area contributed by atoms with Crippen molar-refractivity contribution in [2.45, 2.75) is 26.8 Å². The van der Waals surface area contributed by atoms with Gasteiger partial charge in [-0.05, 0) is 39.0 Å². The minimum absolute atomic E-state index is 0.0182. The number of nitrogens with one attached hydrogen (secondary N) is 1. The van der Waals surface area contributed by atoms with E-state index in [9.17, 15) is 4.79 Å². The number of nitriles is 1. The zero-order valence-electron chi connectivity index (χ0n) is 11.4. The summed E-state index contributed by atoms with van der Waals surface area (Å²) in [6.07, 6.45) is 0. The van der Waals surface area contributed by atoms with Crippen molar-refractivity contribution >= 4 is 27.5 Å². The topological polar surface area (TPSA) is 56.1 Å². The number of benzene rings is 1. The number of likely N-dealkylation sites (N-methyl/N-ethyl adjacent to an activating group) is 1. The molecule has 1 aromatic carbocycles. The Bertz CT molecular complexity index is 494. The highest BCUT2D eigenvalue weighted by atomic mass is 79.9. The molecule has 0 aliphatic carbocycles. The van der Waals surface area contributed by atoms with Crippen LogP contribution in [0.4, 0.5) is 5.69 Å². The number of halogens is 1. The number of amides is 1. The molecular weight excluding hydrogens is 306 g/mol. The van der Waals surface area contributed by atoms with E-state index < -0.39 is 0 Å². The van der Waals surface area contributed by atoms with Gasteiger partial charge in [0.2, 0.25) is 5.91 Å². The molecule has 0 saturated carbocycles. The van der Waals surface area contributed by atoms with Crippen LogP contribution in [0.3, 0.4) is 0 Å². The van der Waals surface area contributed by atoms with E-state index in [1.54, 1.807) is 12.1 Å². The Morgan fingerprint density at radius 1 is 1.47 bits per heavy atom. The first-order valence-corrected chi connectivity index (χ1v) is 7.00. The van der Waals surface area contributed by atoms with Crippen molar-refractivity contribution in [1.29, 1.82) is 5.26 Å². The molecule has 0 atom stereocenters. The lowest BCUT2D eigenvalue weighted by Crippen LogP contribution is -2.40. The van der Waals surface area contributed by atoms with E-state index in [1.807, 2.05) is 31.7 Å². The third-order valence-corrected chi connectivity index (χ3v) is 3.00. The molecule has 4 nitrogen and oxygen atoms in total. The second kappa shape index (κ2) is 7.15. The van der Waals surface area contributed by atoms with Crippen LogP contribution in [0, 0.1) is 11.3 Å². The highest BCUT2D eigenvalue weighted by Crippen LogP contribution is 2.22. The minimum atomic E-state index is -0.0182. The molecule has 0 fully saturated rings. The van der Waals surface area contributed by atoms with Crippen molar-refractivity contribution in [2.75, 3.05) is 18.0 Å². The second-order valence-electron chi connectivity index (χ2n) is 4.55. The Hall–Kier alpha value is -1.54. The van der Waals surface area contributed by atoms with Gasteiger partial charge in [-0.3, -0.25) is 4.79 Å². The molecule has 0 saturated heterocycles. The van der Waals surface area contributed by atoms with Gasteiger partial charge in [0, 0.05) is 22.7 Å². The lowest BCUT2D eigenvalue weighted by molar-refractivity contribution is -0.120. The number of nitrogens with zero attached hydrogens (tertiary/aromatic N) is 2. The van der Waals surface area contributed by atoms with Crippen LogP contribution in [0.5, 0.6) is 0 Å². The van der Waals surface area contributed by atoms with Crippen molar-refractivity contribution in [3.63, 3.8) is 0 Å². The number of rotatable bonds is 5. The van der Waals surface area contributed by atoms with Crippen LogP contribution in [-0.4, -0.2) is 25.0 Å². The third kappa shape index (κ3) is 4.92. The smallest absolute Gasteiger partial charge is 0.239 e. The van der Waals surface area contributed by atoms with Gasteiger partial charge in [0.25, 0.3) is 0 Å². The van der Waals surface area contributed by atoms with Crippen LogP contribution in [-0.2, 0) is 4.79 Å². The summed E-state index contributed by atoms with van der Waals surface area (Å²) in [5.74, 6) is -0.0182. The van der Waals surface area contributed by atoms with Crippen LogP contribution in [0.1, 0.15) is 26.3 Å². The van der Waals surface area contributed by atoms with Crippen LogP contribution >= 0.6 is 15.9 Å². The summed E-state index contributed by atoms with van der Waals surface area (Å²) in [7, 11) is 0. The van der Waals surface area contributed by atoms with E-state index in [1.165, 1.54) is 0 Å². The van der Waals surface area contributed by atoms with E-state index >= 15 is 0 Å². The fourth-order valence-electron chi connectivity index (χ4n) is 1.75. The molecule has 1 aromatic rings. The quantitative estimate of drug-likeness (QED) is 0.906. The highest BCUT2D eigenvalue weighted by molar-refractivity contribution is 9.10. The lowest BCUT2D eigenvalue weighted by atomic mass is 10.2. The molecule has 0 aromatic heterocycles. The Kier molecular flexibility index (Phi) is 5.84. The third-order valence-electron chi connectivity index (χ3n) is 2.54.